The van der Waals surface area contributed by atoms with Gasteiger partial charge in [0.15, 0.2) is 5.13 Å². The van der Waals surface area contributed by atoms with E-state index in [1.807, 2.05) is 35.7 Å². The summed E-state index contributed by atoms with van der Waals surface area (Å²) in [5.74, 6) is -0.134. The zero-order valence-electron chi connectivity index (χ0n) is 15.7. The SMILES string of the molecule is C=CCN(C(=O)CCNc1ccccc1[N+](=O)[O-])c1nc(-c2ccccc2)cs1. The normalized spacial score (nSPS) is 10.3. The first kappa shape index (κ1) is 20.2. The lowest BCUT2D eigenvalue weighted by Crippen LogP contribution is -2.32. The molecule has 29 heavy (non-hydrogen) atoms. The number of nitrogens with one attached hydrogen (secondary N) is 1. The highest BCUT2D eigenvalue weighted by Crippen LogP contribution is 2.28. The van der Waals surface area contributed by atoms with Gasteiger partial charge in [-0.1, -0.05) is 48.5 Å². The molecule has 0 fully saturated rings. The van der Waals surface area contributed by atoms with Crippen LogP contribution in [-0.4, -0.2) is 28.9 Å². The molecule has 1 heterocycles. The van der Waals surface area contributed by atoms with Crippen LogP contribution in [0.2, 0.25) is 0 Å². The third-order valence-corrected chi connectivity index (χ3v) is 5.02. The van der Waals surface area contributed by atoms with Crippen molar-refractivity contribution in [3.05, 3.63) is 82.7 Å². The van der Waals surface area contributed by atoms with Gasteiger partial charge < -0.3 is 5.32 Å². The molecular formula is C21H20N4O3S. The second-order valence-electron chi connectivity index (χ2n) is 6.13. The first-order valence-electron chi connectivity index (χ1n) is 8.99. The number of hydrogen-bond acceptors (Lipinski definition) is 6. The lowest BCUT2D eigenvalue weighted by molar-refractivity contribution is -0.384. The van der Waals surface area contributed by atoms with E-state index >= 15 is 0 Å². The Labute approximate surface area is 172 Å². The third-order valence-electron chi connectivity index (χ3n) is 4.16. The van der Waals surface area contributed by atoms with Crippen molar-refractivity contribution in [3.63, 3.8) is 0 Å². The van der Waals surface area contributed by atoms with Crippen LogP contribution >= 0.6 is 11.3 Å². The number of amides is 1. The Hall–Kier alpha value is -3.52. The van der Waals surface area contributed by atoms with Crippen LogP contribution in [0.3, 0.4) is 0 Å². The van der Waals surface area contributed by atoms with Gasteiger partial charge in [0, 0.05) is 36.5 Å². The summed E-state index contributed by atoms with van der Waals surface area (Å²) >= 11 is 1.39. The van der Waals surface area contributed by atoms with E-state index in [4.69, 9.17) is 0 Å². The van der Waals surface area contributed by atoms with E-state index in [1.165, 1.54) is 17.4 Å². The van der Waals surface area contributed by atoms with Crippen molar-refractivity contribution >= 4 is 33.8 Å². The predicted octanol–water partition coefficient (Wildman–Crippen LogP) is 4.74. The molecule has 0 aliphatic rings. The number of nitrogens with zero attached hydrogens (tertiary/aromatic N) is 3. The number of nitro groups is 1. The van der Waals surface area contributed by atoms with Crippen LogP contribution in [-0.2, 0) is 4.79 Å². The monoisotopic (exact) mass is 408 g/mol. The molecule has 1 N–H and O–H groups in total. The molecule has 8 heteroatoms. The fourth-order valence-electron chi connectivity index (χ4n) is 2.77. The second kappa shape index (κ2) is 9.61. The minimum Gasteiger partial charge on any atom is -0.379 e. The van der Waals surface area contributed by atoms with Crippen LogP contribution in [0, 0.1) is 10.1 Å². The molecule has 0 spiro atoms. The van der Waals surface area contributed by atoms with Gasteiger partial charge in [0.2, 0.25) is 5.91 Å². The number of benzene rings is 2. The molecule has 0 radical (unpaired) electrons. The van der Waals surface area contributed by atoms with Gasteiger partial charge >= 0.3 is 0 Å². The van der Waals surface area contributed by atoms with Gasteiger partial charge in [-0.25, -0.2) is 4.98 Å². The van der Waals surface area contributed by atoms with E-state index < -0.39 is 4.92 Å². The maximum absolute atomic E-state index is 12.8. The van der Waals surface area contributed by atoms with Gasteiger partial charge in [-0.2, -0.15) is 0 Å². The summed E-state index contributed by atoms with van der Waals surface area (Å²) in [6.45, 7) is 4.34. The molecule has 0 unspecified atom stereocenters. The molecule has 2 aromatic carbocycles. The molecule has 1 aromatic heterocycles. The largest absolute Gasteiger partial charge is 0.379 e. The first-order valence-corrected chi connectivity index (χ1v) is 9.87. The van der Waals surface area contributed by atoms with Crippen molar-refractivity contribution in [2.24, 2.45) is 0 Å². The Kier molecular flexibility index (Phi) is 6.70. The molecule has 0 atom stereocenters. The minimum absolute atomic E-state index is 0.0182. The van der Waals surface area contributed by atoms with Crippen molar-refractivity contribution < 1.29 is 9.72 Å². The number of thiazole rings is 1. The maximum Gasteiger partial charge on any atom is 0.292 e. The highest BCUT2D eigenvalue weighted by atomic mass is 32.1. The lowest BCUT2D eigenvalue weighted by atomic mass is 10.2. The van der Waals surface area contributed by atoms with Crippen LogP contribution < -0.4 is 10.2 Å². The van der Waals surface area contributed by atoms with Crippen molar-refractivity contribution in [2.75, 3.05) is 23.3 Å². The number of aromatic nitrogens is 1. The molecule has 0 aliphatic carbocycles. The van der Waals surface area contributed by atoms with Gasteiger partial charge in [-0.15, -0.1) is 17.9 Å². The topological polar surface area (TPSA) is 88.4 Å². The van der Waals surface area contributed by atoms with Crippen LogP contribution in [0.5, 0.6) is 0 Å². The highest BCUT2D eigenvalue weighted by molar-refractivity contribution is 7.14. The summed E-state index contributed by atoms with van der Waals surface area (Å²) in [7, 11) is 0. The van der Waals surface area contributed by atoms with E-state index in [9.17, 15) is 14.9 Å². The average Bonchev–Trinajstić information content (AvgIpc) is 3.22. The summed E-state index contributed by atoms with van der Waals surface area (Å²) in [6, 6.07) is 16.1. The molecular weight excluding hydrogens is 388 g/mol. The number of hydrogen-bond donors (Lipinski definition) is 1. The van der Waals surface area contributed by atoms with E-state index in [0.717, 1.165) is 11.3 Å². The fraction of sp³-hybridized carbons (Fsp3) is 0.143. The van der Waals surface area contributed by atoms with Crippen LogP contribution in [0.15, 0.2) is 72.6 Å². The van der Waals surface area contributed by atoms with E-state index in [2.05, 4.69) is 16.9 Å². The molecule has 0 saturated heterocycles. The van der Waals surface area contributed by atoms with Gasteiger partial charge in [0.05, 0.1) is 10.6 Å². The Balaban J connectivity index is 1.67. The van der Waals surface area contributed by atoms with Gasteiger partial charge in [0.25, 0.3) is 5.69 Å². The van der Waals surface area contributed by atoms with Crippen molar-refractivity contribution in [1.29, 1.82) is 0 Å². The van der Waals surface area contributed by atoms with E-state index in [-0.39, 0.29) is 24.6 Å². The predicted molar refractivity (Wildman–Crippen MR) is 116 cm³/mol. The molecule has 3 rings (SSSR count). The molecule has 148 valence electrons. The Morgan fingerprint density at radius 2 is 1.93 bits per heavy atom. The van der Waals surface area contributed by atoms with Gasteiger partial charge in [0.1, 0.15) is 5.69 Å². The molecule has 1 amide bonds. The number of anilines is 2. The number of nitro benzene ring substituents is 1. The van der Waals surface area contributed by atoms with E-state index in [0.29, 0.717) is 17.4 Å². The zero-order valence-corrected chi connectivity index (χ0v) is 16.5. The molecule has 0 bridgehead atoms. The summed E-state index contributed by atoms with van der Waals surface area (Å²) in [6.07, 6.45) is 1.82. The second-order valence-corrected chi connectivity index (χ2v) is 6.96. The summed E-state index contributed by atoms with van der Waals surface area (Å²) in [4.78, 5) is 29.6. The maximum atomic E-state index is 12.8. The third kappa shape index (κ3) is 5.05. The summed E-state index contributed by atoms with van der Waals surface area (Å²) in [5, 5.41) is 16.6. The molecule has 0 aliphatic heterocycles. The Bertz CT molecular complexity index is 1000. The number of para-hydroxylation sites is 2. The lowest BCUT2D eigenvalue weighted by Gasteiger charge is -2.18. The summed E-state index contributed by atoms with van der Waals surface area (Å²) in [5.41, 5.74) is 2.17. The fourth-order valence-corrected chi connectivity index (χ4v) is 3.63. The van der Waals surface area contributed by atoms with Crippen LogP contribution in [0.4, 0.5) is 16.5 Å². The zero-order chi connectivity index (χ0) is 20.6. The average molecular weight is 408 g/mol. The van der Waals surface area contributed by atoms with Gasteiger partial charge in [-0.05, 0) is 6.07 Å². The Morgan fingerprint density at radius 1 is 1.21 bits per heavy atom. The number of rotatable bonds is 9. The first-order chi connectivity index (χ1) is 14.1. The number of carbonyl (C=O) groups is 1. The standard InChI is InChI=1S/C21H20N4O3S/c1-2-14-24(21-23-18(15-29-21)16-8-4-3-5-9-16)20(26)12-13-22-17-10-6-7-11-19(17)25(27)28/h2-11,15,22H,1,12-14H2. The quantitative estimate of drug-likeness (QED) is 0.314. The van der Waals surface area contributed by atoms with Crippen molar-refractivity contribution in [2.45, 2.75) is 6.42 Å². The highest BCUT2D eigenvalue weighted by Gasteiger charge is 2.19. The molecule has 0 saturated carbocycles. The van der Waals surface area contributed by atoms with Crippen LogP contribution in [0.1, 0.15) is 6.42 Å². The van der Waals surface area contributed by atoms with Crippen molar-refractivity contribution in [3.8, 4) is 11.3 Å². The van der Waals surface area contributed by atoms with Gasteiger partial charge in [-0.3, -0.25) is 19.8 Å². The Morgan fingerprint density at radius 3 is 2.66 bits per heavy atom. The minimum atomic E-state index is -0.450. The summed E-state index contributed by atoms with van der Waals surface area (Å²) < 4.78 is 0. The molecule has 7 nitrogen and oxygen atoms in total. The van der Waals surface area contributed by atoms with Crippen molar-refractivity contribution in [1.82, 2.24) is 4.98 Å². The smallest absolute Gasteiger partial charge is 0.292 e. The number of carbonyl (C=O) groups excluding carboxylic acids is 1. The van der Waals surface area contributed by atoms with E-state index in [1.54, 1.807) is 29.2 Å². The molecule has 3 aromatic rings. The van der Waals surface area contributed by atoms with Crippen LogP contribution in [0.25, 0.3) is 11.3 Å².